The molecular formula is C21H20FN5O3. The number of aromatic nitrogens is 2. The minimum atomic E-state index is -0.864. The van der Waals surface area contributed by atoms with Crippen LogP contribution in [0.3, 0.4) is 0 Å². The molecule has 2 N–H and O–H groups in total. The van der Waals surface area contributed by atoms with E-state index in [1.54, 1.807) is 17.9 Å². The van der Waals surface area contributed by atoms with Crippen LogP contribution >= 0.6 is 0 Å². The summed E-state index contributed by atoms with van der Waals surface area (Å²) in [6.45, 7) is 2.93. The van der Waals surface area contributed by atoms with Crippen molar-refractivity contribution in [2.75, 3.05) is 18.0 Å². The van der Waals surface area contributed by atoms with Gasteiger partial charge in [0.05, 0.1) is 16.7 Å². The average molecular weight is 409 g/mol. The number of halogens is 1. The summed E-state index contributed by atoms with van der Waals surface area (Å²) in [6, 6.07) is 11.9. The SMILES string of the molecule is Cc1[nH]ncc1C(=O)NCC1CN(c2cccc(F)c2[N+](=O)[O-])Cc2ccccc21. The molecule has 0 radical (unpaired) electrons. The number of carbonyl (C=O) groups is 1. The lowest BCUT2D eigenvalue weighted by Crippen LogP contribution is -2.39. The number of fused-ring (bicyclic) bond motifs is 1. The monoisotopic (exact) mass is 409 g/mol. The molecule has 1 atom stereocenters. The van der Waals surface area contributed by atoms with Gasteiger partial charge in [-0.2, -0.15) is 9.49 Å². The molecule has 1 amide bonds. The number of rotatable bonds is 5. The molecule has 0 aliphatic carbocycles. The second kappa shape index (κ2) is 7.94. The van der Waals surface area contributed by atoms with Gasteiger partial charge >= 0.3 is 5.69 Å². The van der Waals surface area contributed by atoms with E-state index in [0.717, 1.165) is 17.2 Å². The Kier molecular flexibility index (Phi) is 5.18. The Morgan fingerprint density at radius 3 is 2.87 bits per heavy atom. The number of nitro groups is 1. The van der Waals surface area contributed by atoms with E-state index in [1.165, 1.54) is 12.3 Å². The third-order valence-electron chi connectivity index (χ3n) is 5.37. The number of amides is 1. The van der Waals surface area contributed by atoms with Gasteiger partial charge < -0.3 is 10.2 Å². The van der Waals surface area contributed by atoms with Gasteiger partial charge in [0.2, 0.25) is 5.82 Å². The van der Waals surface area contributed by atoms with E-state index in [-0.39, 0.29) is 17.5 Å². The number of H-pyrrole nitrogens is 1. The molecule has 30 heavy (non-hydrogen) atoms. The Hall–Kier alpha value is -3.75. The Morgan fingerprint density at radius 1 is 1.33 bits per heavy atom. The van der Waals surface area contributed by atoms with Crippen molar-refractivity contribution in [3.05, 3.63) is 87.0 Å². The minimum absolute atomic E-state index is 0.117. The number of benzene rings is 2. The van der Waals surface area contributed by atoms with Crippen LogP contribution < -0.4 is 10.2 Å². The summed E-state index contributed by atoms with van der Waals surface area (Å²) in [7, 11) is 0. The molecular weight excluding hydrogens is 389 g/mol. The number of nitrogens with zero attached hydrogens (tertiary/aromatic N) is 3. The molecule has 8 nitrogen and oxygen atoms in total. The zero-order valence-corrected chi connectivity index (χ0v) is 16.3. The molecule has 1 aromatic heterocycles. The normalized spacial score (nSPS) is 15.5. The first kappa shape index (κ1) is 19.6. The summed E-state index contributed by atoms with van der Waals surface area (Å²) >= 11 is 0. The fraction of sp³-hybridized carbons (Fsp3) is 0.238. The molecule has 0 spiro atoms. The molecule has 2 aromatic carbocycles. The summed E-state index contributed by atoms with van der Waals surface area (Å²) in [6.07, 6.45) is 1.47. The number of aromatic amines is 1. The van der Waals surface area contributed by atoms with Crippen molar-refractivity contribution in [3.63, 3.8) is 0 Å². The number of hydrogen-bond acceptors (Lipinski definition) is 5. The fourth-order valence-electron chi connectivity index (χ4n) is 3.90. The first-order valence-electron chi connectivity index (χ1n) is 9.49. The minimum Gasteiger partial charge on any atom is -0.361 e. The van der Waals surface area contributed by atoms with Gasteiger partial charge in [0, 0.05) is 31.2 Å². The second-order valence-corrected chi connectivity index (χ2v) is 7.26. The van der Waals surface area contributed by atoms with Gasteiger partial charge in [-0.25, -0.2) is 0 Å². The van der Waals surface area contributed by atoms with E-state index in [2.05, 4.69) is 15.5 Å². The molecule has 0 fully saturated rings. The first-order chi connectivity index (χ1) is 14.5. The maximum absolute atomic E-state index is 14.2. The summed E-state index contributed by atoms with van der Waals surface area (Å²) in [4.78, 5) is 25.1. The molecule has 1 unspecified atom stereocenters. The standard InChI is InChI=1S/C21H20FN5O3/c1-13-17(10-24-25-13)21(28)23-9-15-12-26(11-14-5-2-3-6-16(14)15)19-8-4-7-18(22)20(19)27(29)30/h2-8,10,15H,9,11-12H2,1H3,(H,23,28)(H,24,25). The molecule has 1 aliphatic rings. The van der Waals surface area contributed by atoms with Crippen LogP contribution in [-0.4, -0.2) is 34.1 Å². The van der Waals surface area contributed by atoms with E-state index in [1.807, 2.05) is 24.3 Å². The van der Waals surface area contributed by atoms with Crippen molar-refractivity contribution in [3.8, 4) is 0 Å². The number of hydrogen-bond donors (Lipinski definition) is 2. The Bertz CT molecular complexity index is 1110. The fourth-order valence-corrected chi connectivity index (χ4v) is 3.90. The molecule has 154 valence electrons. The van der Waals surface area contributed by atoms with Crippen molar-refractivity contribution >= 4 is 17.3 Å². The Morgan fingerprint density at radius 2 is 2.13 bits per heavy atom. The highest BCUT2D eigenvalue weighted by atomic mass is 19.1. The molecule has 3 aromatic rings. The van der Waals surface area contributed by atoms with Gasteiger partial charge in [-0.15, -0.1) is 0 Å². The summed E-state index contributed by atoms with van der Waals surface area (Å²) in [5.74, 6) is -1.22. The van der Waals surface area contributed by atoms with Crippen LogP contribution in [0, 0.1) is 22.9 Å². The van der Waals surface area contributed by atoms with E-state index in [4.69, 9.17) is 0 Å². The molecule has 4 rings (SSSR count). The van der Waals surface area contributed by atoms with E-state index >= 15 is 0 Å². The summed E-state index contributed by atoms with van der Waals surface area (Å²) < 4.78 is 14.2. The highest BCUT2D eigenvalue weighted by molar-refractivity contribution is 5.95. The van der Waals surface area contributed by atoms with Gasteiger partial charge in [-0.1, -0.05) is 30.3 Å². The molecule has 2 heterocycles. The summed E-state index contributed by atoms with van der Waals surface area (Å²) in [5.41, 5.74) is 2.90. The maximum atomic E-state index is 14.2. The lowest BCUT2D eigenvalue weighted by atomic mass is 9.89. The van der Waals surface area contributed by atoms with Crippen LogP contribution in [-0.2, 0) is 6.54 Å². The van der Waals surface area contributed by atoms with Crippen molar-refractivity contribution in [1.82, 2.24) is 15.5 Å². The zero-order chi connectivity index (χ0) is 21.3. The molecule has 0 saturated carbocycles. The van der Waals surface area contributed by atoms with Crippen LogP contribution in [0.2, 0.25) is 0 Å². The number of aryl methyl sites for hydroxylation is 1. The van der Waals surface area contributed by atoms with E-state index in [9.17, 15) is 19.3 Å². The molecule has 1 aliphatic heterocycles. The predicted octanol–water partition coefficient (Wildman–Crippen LogP) is 3.30. The van der Waals surface area contributed by atoms with Crippen molar-refractivity contribution in [2.45, 2.75) is 19.4 Å². The van der Waals surface area contributed by atoms with Crippen molar-refractivity contribution in [1.29, 1.82) is 0 Å². The first-order valence-corrected chi connectivity index (χ1v) is 9.49. The molecule has 0 saturated heterocycles. The lowest BCUT2D eigenvalue weighted by molar-refractivity contribution is -0.386. The van der Waals surface area contributed by atoms with Crippen LogP contribution in [0.4, 0.5) is 15.8 Å². The van der Waals surface area contributed by atoms with Crippen molar-refractivity contribution in [2.24, 2.45) is 0 Å². The van der Waals surface area contributed by atoms with Gasteiger partial charge in [0.25, 0.3) is 5.91 Å². The number of carbonyl (C=O) groups excluding carboxylic acids is 1. The second-order valence-electron chi connectivity index (χ2n) is 7.26. The van der Waals surface area contributed by atoms with Crippen molar-refractivity contribution < 1.29 is 14.1 Å². The van der Waals surface area contributed by atoms with E-state index < -0.39 is 16.4 Å². The highest BCUT2D eigenvalue weighted by Crippen LogP contribution is 2.37. The number of nitrogens with one attached hydrogen (secondary N) is 2. The molecule has 9 heteroatoms. The zero-order valence-electron chi connectivity index (χ0n) is 16.3. The van der Waals surface area contributed by atoms with Crippen LogP contribution in [0.5, 0.6) is 0 Å². The van der Waals surface area contributed by atoms with Gasteiger partial charge in [0.1, 0.15) is 5.69 Å². The largest absolute Gasteiger partial charge is 0.361 e. The molecule has 0 bridgehead atoms. The van der Waals surface area contributed by atoms with Gasteiger partial charge in [0.15, 0.2) is 0 Å². The third-order valence-corrected chi connectivity index (χ3v) is 5.37. The van der Waals surface area contributed by atoms with Gasteiger partial charge in [-0.05, 0) is 30.2 Å². The maximum Gasteiger partial charge on any atom is 0.327 e. The number of anilines is 1. The Balaban J connectivity index is 1.62. The third kappa shape index (κ3) is 3.61. The number of para-hydroxylation sites is 1. The quantitative estimate of drug-likeness (QED) is 0.497. The van der Waals surface area contributed by atoms with Crippen LogP contribution in [0.25, 0.3) is 0 Å². The average Bonchev–Trinajstić information content (AvgIpc) is 3.17. The summed E-state index contributed by atoms with van der Waals surface area (Å²) in [5, 5.41) is 21.0. The van der Waals surface area contributed by atoms with Crippen LogP contribution in [0.1, 0.15) is 33.1 Å². The predicted molar refractivity (Wildman–Crippen MR) is 109 cm³/mol. The van der Waals surface area contributed by atoms with Gasteiger partial charge in [-0.3, -0.25) is 20.0 Å². The topological polar surface area (TPSA) is 104 Å². The Labute approximate surface area is 171 Å². The highest BCUT2D eigenvalue weighted by Gasteiger charge is 2.31. The van der Waals surface area contributed by atoms with E-state index in [0.29, 0.717) is 30.9 Å². The number of nitro benzene ring substituents is 1. The smallest absolute Gasteiger partial charge is 0.327 e. The van der Waals surface area contributed by atoms with Crippen LogP contribution in [0.15, 0.2) is 48.7 Å². The lowest BCUT2D eigenvalue weighted by Gasteiger charge is -2.36.